The summed E-state index contributed by atoms with van der Waals surface area (Å²) in [5, 5.41) is 0.580. The first-order chi connectivity index (χ1) is 18.3. The predicted molar refractivity (Wildman–Crippen MR) is 155 cm³/mol. The molecule has 0 unspecified atom stereocenters. The van der Waals surface area contributed by atoms with Gasteiger partial charge in [-0.3, -0.25) is 4.31 Å². The van der Waals surface area contributed by atoms with Crippen molar-refractivity contribution in [2.75, 3.05) is 25.5 Å². The highest BCUT2D eigenvalue weighted by molar-refractivity contribution is 7.93. The van der Waals surface area contributed by atoms with Gasteiger partial charge in [0.15, 0.2) is 0 Å². The summed E-state index contributed by atoms with van der Waals surface area (Å²) in [5.41, 5.74) is 3.16. The number of likely N-dealkylation sites (N-methyl/N-ethyl adjacent to an activating group) is 1. The van der Waals surface area contributed by atoms with Crippen LogP contribution in [0.3, 0.4) is 0 Å². The summed E-state index contributed by atoms with van der Waals surface area (Å²) in [5.74, 6) is 0.670. The molecule has 0 saturated heterocycles. The van der Waals surface area contributed by atoms with Crippen molar-refractivity contribution in [2.24, 2.45) is 0 Å². The lowest BCUT2D eigenvalue weighted by Crippen LogP contribution is -2.43. The van der Waals surface area contributed by atoms with Crippen molar-refractivity contribution >= 4 is 33.4 Å². The van der Waals surface area contributed by atoms with Crippen LogP contribution in [-0.2, 0) is 27.6 Å². The van der Waals surface area contributed by atoms with Crippen molar-refractivity contribution in [3.63, 3.8) is 0 Å². The molecule has 3 aromatic rings. The Hall–Kier alpha value is -3.23. The van der Waals surface area contributed by atoms with Gasteiger partial charge >= 0.3 is 6.09 Å². The Labute approximate surface area is 236 Å². The van der Waals surface area contributed by atoms with E-state index in [4.69, 9.17) is 21.1 Å². The number of hydrogen-bond donors (Lipinski definition) is 0. The molecule has 1 aliphatic rings. The summed E-state index contributed by atoms with van der Waals surface area (Å²) in [6.45, 7) is 5.52. The Kier molecular flexibility index (Phi) is 8.19. The molecule has 3 aromatic carbocycles. The Bertz CT molecular complexity index is 1470. The molecule has 1 atom stereocenters. The SMILES string of the molecule is COc1ccc(N(C)S(=O)(=O)c2ccccc2-c2ccc(Cl)cc2)c2c1C[C@@H](N(C)C(=O)OC(C)(C)C)CC2. The summed E-state index contributed by atoms with van der Waals surface area (Å²) in [6, 6.07) is 17.6. The van der Waals surface area contributed by atoms with Crippen molar-refractivity contribution in [3.05, 3.63) is 76.8 Å². The maximum Gasteiger partial charge on any atom is 0.410 e. The first-order valence-electron chi connectivity index (χ1n) is 12.8. The molecule has 4 rings (SSSR count). The molecular weight excluding hydrogens is 536 g/mol. The Balaban J connectivity index is 1.70. The number of fused-ring (bicyclic) bond motifs is 1. The standard InChI is InChI=1S/C30H35ClN2O5S/c1-30(2,3)38-29(34)32(4)22-15-16-24-25(19-22)27(37-6)18-17-26(24)33(5)39(35,36)28-10-8-7-9-23(28)20-11-13-21(31)14-12-20/h7-14,17-18,22H,15-16,19H2,1-6H3/t22-/m0/s1. The second kappa shape index (κ2) is 11.1. The number of nitrogens with zero attached hydrogens (tertiary/aromatic N) is 2. The summed E-state index contributed by atoms with van der Waals surface area (Å²) in [6.07, 6.45) is 1.39. The van der Waals surface area contributed by atoms with Gasteiger partial charge in [0, 0.05) is 36.3 Å². The summed E-state index contributed by atoms with van der Waals surface area (Å²) < 4.78 is 40.6. The van der Waals surface area contributed by atoms with E-state index in [0.717, 1.165) is 16.7 Å². The molecule has 1 amide bonds. The fourth-order valence-electron chi connectivity index (χ4n) is 4.95. The topological polar surface area (TPSA) is 76.2 Å². The molecule has 0 fully saturated rings. The zero-order chi connectivity index (χ0) is 28.5. The minimum absolute atomic E-state index is 0.107. The van der Waals surface area contributed by atoms with Crippen LogP contribution < -0.4 is 9.04 Å². The van der Waals surface area contributed by atoms with E-state index in [1.54, 1.807) is 68.6 Å². The van der Waals surface area contributed by atoms with Crippen LogP contribution in [0, 0.1) is 0 Å². The molecule has 0 heterocycles. The maximum absolute atomic E-state index is 14.0. The summed E-state index contributed by atoms with van der Waals surface area (Å²) in [4.78, 5) is 14.6. The van der Waals surface area contributed by atoms with Gasteiger partial charge in [0.2, 0.25) is 0 Å². The van der Waals surface area contributed by atoms with Crippen molar-refractivity contribution < 1.29 is 22.7 Å². The molecular formula is C30H35ClN2O5S. The van der Waals surface area contributed by atoms with Gasteiger partial charge in [0.05, 0.1) is 17.7 Å². The lowest BCUT2D eigenvalue weighted by Gasteiger charge is -2.36. The summed E-state index contributed by atoms with van der Waals surface area (Å²) >= 11 is 6.06. The molecule has 0 radical (unpaired) electrons. The van der Waals surface area contributed by atoms with Gasteiger partial charge in [-0.05, 0) is 81.5 Å². The lowest BCUT2D eigenvalue weighted by atomic mass is 9.86. The monoisotopic (exact) mass is 570 g/mol. The number of carbonyl (C=O) groups is 1. The second-order valence-corrected chi connectivity index (χ2v) is 13.1. The van der Waals surface area contributed by atoms with Crippen LogP contribution in [0.2, 0.25) is 5.02 Å². The quantitative estimate of drug-likeness (QED) is 0.335. The van der Waals surface area contributed by atoms with Crippen LogP contribution >= 0.6 is 11.6 Å². The highest BCUT2D eigenvalue weighted by atomic mass is 35.5. The first kappa shape index (κ1) is 28.8. The second-order valence-electron chi connectivity index (χ2n) is 10.7. The fourth-order valence-corrected chi connectivity index (χ4v) is 6.51. The van der Waals surface area contributed by atoms with E-state index in [9.17, 15) is 13.2 Å². The van der Waals surface area contributed by atoms with Crippen LogP contribution in [0.25, 0.3) is 11.1 Å². The maximum atomic E-state index is 14.0. The van der Waals surface area contributed by atoms with Crippen molar-refractivity contribution in [3.8, 4) is 16.9 Å². The van der Waals surface area contributed by atoms with E-state index in [2.05, 4.69) is 0 Å². The van der Waals surface area contributed by atoms with Crippen LogP contribution in [0.4, 0.5) is 10.5 Å². The van der Waals surface area contributed by atoms with Crippen LogP contribution in [0.15, 0.2) is 65.6 Å². The number of ether oxygens (including phenoxy) is 2. The molecule has 0 bridgehead atoms. The number of anilines is 1. The lowest BCUT2D eigenvalue weighted by molar-refractivity contribution is 0.0209. The third-order valence-corrected chi connectivity index (χ3v) is 9.08. The predicted octanol–water partition coefficient (Wildman–Crippen LogP) is 6.56. The van der Waals surface area contributed by atoms with Crippen LogP contribution in [0.1, 0.15) is 38.3 Å². The Morgan fingerprint density at radius 3 is 2.28 bits per heavy atom. The zero-order valence-corrected chi connectivity index (χ0v) is 24.8. The highest BCUT2D eigenvalue weighted by Gasteiger charge is 2.33. The van der Waals surface area contributed by atoms with Gasteiger partial charge in [-0.2, -0.15) is 0 Å². The molecule has 0 saturated carbocycles. The number of hydrogen-bond acceptors (Lipinski definition) is 5. The largest absolute Gasteiger partial charge is 0.496 e. The van der Waals surface area contributed by atoms with Crippen LogP contribution in [0.5, 0.6) is 5.75 Å². The van der Waals surface area contributed by atoms with E-state index in [-0.39, 0.29) is 17.0 Å². The normalized spacial score (nSPS) is 15.3. The molecule has 208 valence electrons. The minimum Gasteiger partial charge on any atom is -0.496 e. The van der Waals surface area contributed by atoms with E-state index in [0.29, 0.717) is 41.3 Å². The average molecular weight is 571 g/mol. The molecule has 39 heavy (non-hydrogen) atoms. The van der Waals surface area contributed by atoms with Gasteiger partial charge in [0.1, 0.15) is 11.4 Å². The molecule has 9 heteroatoms. The van der Waals surface area contributed by atoms with E-state index >= 15 is 0 Å². The molecule has 0 N–H and O–H groups in total. The van der Waals surface area contributed by atoms with E-state index in [1.807, 2.05) is 39.0 Å². The van der Waals surface area contributed by atoms with Crippen molar-refractivity contribution in [2.45, 2.75) is 56.6 Å². The molecule has 1 aliphatic carbocycles. The van der Waals surface area contributed by atoms with E-state index < -0.39 is 15.6 Å². The minimum atomic E-state index is -3.92. The number of halogens is 1. The van der Waals surface area contributed by atoms with Gasteiger partial charge in [-0.15, -0.1) is 0 Å². The third kappa shape index (κ3) is 6.02. The van der Waals surface area contributed by atoms with Gasteiger partial charge in [0.25, 0.3) is 10.0 Å². The third-order valence-electron chi connectivity index (χ3n) is 7.00. The number of carbonyl (C=O) groups excluding carboxylic acids is 1. The van der Waals surface area contributed by atoms with Crippen LogP contribution in [-0.4, -0.2) is 52.3 Å². The molecule has 0 aromatic heterocycles. The summed E-state index contributed by atoms with van der Waals surface area (Å²) in [7, 11) is 0.993. The van der Waals surface area contributed by atoms with Gasteiger partial charge in [-0.25, -0.2) is 13.2 Å². The zero-order valence-electron chi connectivity index (χ0n) is 23.2. The van der Waals surface area contributed by atoms with Crippen molar-refractivity contribution in [1.29, 1.82) is 0 Å². The Morgan fingerprint density at radius 2 is 1.64 bits per heavy atom. The number of benzene rings is 3. The smallest absolute Gasteiger partial charge is 0.410 e. The number of methoxy groups -OCH3 is 1. The van der Waals surface area contributed by atoms with Gasteiger partial charge in [-0.1, -0.05) is 41.9 Å². The van der Waals surface area contributed by atoms with Crippen molar-refractivity contribution in [1.82, 2.24) is 4.90 Å². The first-order valence-corrected chi connectivity index (χ1v) is 14.6. The number of rotatable bonds is 6. The highest BCUT2D eigenvalue weighted by Crippen LogP contribution is 2.40. The Morgan fingerprint density at radius 1 is 0.974 bits per heavy atom. The number of amides is 1. The molecule has 0 spiro atoms. The molecule has 7 nitrogen and oxygen atoms in total. The average Bonchev–Trinajstić information content (AvgIpc) is 2.90. The van der Waals surface area contributed by atoms with Gasteiger partial charge < -0.3 is 14.4 Å². The fraction of sp³-hybridized carbons (Fsp3) is 0.367. The molecule has 0 aliphatic heterocycles. The van der Waals surface area contributed by atoms with E-state index in [1.165, 1.54) is 4.31 Å². The number of sulfonamides is 1.